The van der Waals surface area contributed by atoms with E-state index in [1.54, 1.807) is 0 Å². The number of carbonyl (C=O) groups excluding carboxylic acids is 2. The van der Waals surface area contributed by atoms with Crippen LogP contribution >= 0.6 is 0 Å². The number of hydrogen-bond donors (Lipinski definition) is 2. The monoisotopic (exact) mass is 460 g/mol. The van der Waals surface area contributed by atoms with Gasteiger partial charge in [0.1, 0.15) is 12.2 Å². The second kappa shape index (κ2) is 14.8. The van der Waals surface area contributed by atoms with Gasteiger partial charge in [0.05, 0.1) is 26.4 Å². The summed E-state index contributed by atoms with van der Waals surface area (Å²) in [4.78, 5) is 25.1. The van der Waals surface area contributed by atoms with Gasteiger partial charge in [-0.1, -0.05) is 30.3 Å². The maximum atomic E-state index is 12.7. The van der Waals surface area contributed by atoms with Gasteiger partial charge in [-0.25, -0.2) is 0 Å². The van der Waals surface area contributed by atoms with E-state index in [-0.39, 0.29) is 24.0 Å². The van der Waals surface area contributed by atoms with Crippen LogP contribution in [-0.4, -0.2) is 76.8 Å². The number of ether oxygens (including phenoxy) is 4. The first-order valence-corrected chi connectivity index (χ1v) is 11.9. The summed E-state index contributed by atoms with van der Waals surface area (Å²) in [6, 6.07) is 9.68. The van der Waals surface area contributed by atoms with Gasteiger partial charge in [-0.2, -0.15) is 0 Å². The molecule has 2 aliphatic heterocycles. The number of amides is 2. The number of nitrogens with one attached hydrogen (secondary N) is 2. The summed E-state index contributed by atoms with van der Waals surface area (Å²) in [6.45, 7) is 5.30. The van der Waals surface area contributed by atoms with Gasteiger partial charge in [0, 0.05) is 44.4 Å². The molecule has 8 heteroatoms. The molecule has 0 bridgehead atoms. The lowest BCUT2D eigenvalue weighted by Crippen LogP contribution is -2.29. The first kappa shape index (κ1) is 25.4. The molecule has 0 spiro atoms. The number of rotatable bonds is 18. The molecule has 2 atom stereocenters. The maximum Gasteiger partial charge on any atom is 0.247 e. The lowest BCUT2D eigenvalue weighted by molar-refractivity contribution is -0.119. The molecule has 182 valence electrons. The van der Waals surface area contributed by atoms with Gasteiger partial charge in [-0.05, 0) is 31.2 Å². The smallest absolute Gasteiger partial charge is 0.247 e. The van der Waals surface area contributed by atoms with E-state index < -0.39 is 0 Å². The van der Waals surface area contributed by atoms with E-state index in [4.69, 9.17) is 18.9 Å². The summed E-state index contributed by atoms with van der Waals surface area (Å²) in [7, 11) is 0. The number of epoxide rings is 2. The van der Waals surface area contributed by atoms with E-state index in [0.29, 0.717) is 51.5 Å². The zero-order valence-corrected chi connectivity index (χ0v) is 19.3. The topological polar surface area (TPSA) is 102 Å². The van der Waals surface area contributed by atoms with Crippen LogP contribution in [0.5, 0.6) is 0 Å². The molecule has 1 aromatic rings. The van der Waals surface area contributed by atoms with Crippen molar-refractivity contribution in [3.63, 3.8) is 0 Å². The van der Waals surface area contributed by atoms with Crippen molar-refractivity contribution in [1.82, 2.24) is 10.6 Å². The molecule has 2 heterocycles. The Bertz CT molecular complexity index is 747. The van der Waals surface area contributed by atoms with Crippen LogP contribution < -0.4 is 10.6 Å². The average molecular weight is 461 g/mol. The summed E-state index contributed by atoms with van der Waals surface area (Å²) < 4.78 is 21.2. The molecule has 2 N–H and O–H groups in total. The van der Waals surface area contributed by atoms with Crippen molar-refractivity contribution in [2.75, 3.05) is 52.7 Å². The Morgan fingerprint density at radius 2 is 1.45 bits per heavy atom. The van der Waals surface area contributed by atoms with E-state index in [2.05, 4.69) is 10.6 Å². The van der Waals surface area contributed by atoms with E-state index in [1.807, 2.05) is 30.3 Å². The molecule has 2 amide bonds. The van der Waals surface area contributed by atoms with Gasteiger partial charge in [-0.15, -0.1) is 0 Å². The van der Waals surface area contributed by atoms with Crippen molar-refractivity contribution in [1.29, 1.82) is 0 Å². The van der Waals surface area contributed by atoms with Crippen molar-refractivity contribution in [3.8, 4) is 0 Å². The highest BCUT2D eigenvalue weighted by molar-refractivity contribution is 6.01. The zero-order chi connectivity index (χ0) is 23.1. The number of hydrogen-bond acceptors (Lipinski definition) is 6. The molecule has 3 rings (SSSR count). The van der Waals surface area contributed by atoms with Crippen LogP contribution in [0.15, 0.2) is 42.0 Å². The molecule has 1 aromatic carbocycles. The molecule has 2 aliphatic rings. The fourth-order valence-corrected chi connectivity index (χ4v) is 3.17. The van der Waals surface area contributed by atoms with E-state index in [0.717, 1.165) is 44.5 Å². The molecule has 0 radical (unpaired) electrons. The third kappa shape index (κ3) is 12.0. The lowest BCUT2D eigenvalue weighted by atomic mass is 10.0. The summed E-state index contributed by atoms with van der Waals surface area (Å²) >= 11 is 0. The molecular formula is C25H36N2O6. The van der Waals surface area contributed by atoms with Crippen LogP contribution in [0.3, 0.4) is 0 Å². The van der Waals surface area contributed by atoms with Crippen LogP contribution in [0.1, 0.15) is 31.2 Å². The van der Waals surface area contributed by atoms with Gasteiger partial charge in [0.2, 0.25) is 11.8 Å². The molecule has 2 saturated heterocycles. The molecule has 8 nitrogen and oxygen atoms in total. The minimum Gasteiger partial charge on any atom is -0.379 e. The van der Waals surface area contributed by atoms with Crippen molar-refractivity contribution < 1.29 is 28.5 Å². The Morgan fingerprint density at radius 1 is 0.879 bits per heavy atom. The van der Waals surface area contributed by atoms with Crippen molar-refractivity contribution in [2.24, 2.45) is 0 Å². The summed E-state index contributed by atoms with van der Waals surface area (Å²) in [5.41, 5.74) is 1.44. The van der Waals surface area contributed by atoms with Crippen molar-refractivity contribution >= 4 is 11.8 Å². The largest absolute Gasteiger partial charge is 0.379 e. The molecule has 33 heavy (non-hydrogen) atoms. The Hall–Kier alpha value is -2.26. The predicted molar refractivity (Wildman–Crippen MR) is 124 cm³/mol. The molecule has 0 aromatic heterocycles. The summed E-state index contributed by atoms with van der Waals surface area (Å²) in [5, 5.41) is 5.80. The van der Waals surface area contributed by atoms with Crippen LogP contribution in [-0.2, 0) is 35.0 Å². The summed E-state index contributed by atoms with van der Waals surface area (Å²) in [6.07, 6.45) is 5.74. The number of unbranched alkanes of at least 4 members (excludes halogenated alkanes) is 2. The highest BCUT2D eigenvalue weighted by Crippen LogP contribution is 2.10. The summed E-state index contributed by atoms with van der Waals surface area (Å²) in [5.74, 6) is -0.462. The van der Waals surface area contributed by atoms with Crippen LogP contribution in [0.25, 0.3) is 0 Å². The van der Waals surface area contributed by atoms with Crippen LogP contribution in [0, 0.1) is 0 Å². The van der Waals surface area contributed by atoms with Crippen molar-refractivity contribution in [2.45, 2.75) is 44.3 Å². The standard InChI is InChI=1S/C25H36N2O6/c28-24(26-10-4-6-12-30-16-22-18-32-22)15-21(14-20-8-2-1-3-9-20)25(29)27-11-5-7-13-31-17-23-19-33-23/h1-3,8-9,15,22-23H,4-7,10-14,16-19H2,(H,26,28)(H,27,29)/b21-15-. The van der Waals surface area contributed by atoms with Gasteiger partial charge in [0.15, 0.2) is 0 Å². The minimum absolute atomic E-state index is 0.211. The van der Waals surface area contributed by atoms with Gasteiger partial charge < -0.3 is 29.6 Å². The van der Waals surface area contributed by atoms with Gasteiger partial charge >= 0.3 is 0 Å². The SMILES string of the molecule is O=C(/C=C(/Cc1ccccc1)C(=O)NCCCCOCC1CO1)NCCCCOCC1CO1. The Labute approximate surface area is 196 Å². The third-order valence-corrected chi connectivity index (χ3v) is 5.26. The highest BCUT2D eigenvalue weighted by Gasteiger charge is 2.22. The number of benzene rings is 1. The molecule has 2 fully saturated rings. The highest BCUT2D eigenvalue weighted by atomic mass is 16.6. The Balaban J connectivity index is 1.35. The Morgan fingerprint density at radius 3 is 2.03 bits per heavy atom. The lowest BCUT2D eigenvalue weighted by Gasteiger charge is -2.10. The second-order valence-corrected chi connectivity index (χ2v) is 8.35. The molecule has 2 unspecified atom stereocenters. The Kier molecular flexibility index (Phi) is 11.4. The van der Waals surface area contributed by atoms with Gasteiger partial charge in [-0.3, -0.25) is 9.59 Å². The first-order chi connectivity index (χ1) is 16.2. The van der Waals surface area contributed by atoms with Gasteiger partial charge in [0.25, 0.3) is 0 Å². The van der Waals surface area contributed by atoms with Crippen LogP contribution in [0.2, 0.25) is 0 Å². The average Bonchev–Trinajstić information content (AvgIpc) is 3.73. The molecule has 0 aliphatic carbocycles. The molecular weight excluding hydrogens is 424 g/mol. The second-order valence-electron chi connectivity index (χ2n) is 8.35. The first-order valence-electron chi connectivity index (χ1n) is 11.9. The fraction of sp³-hybridized carbons (Fsp3) is 0.600. The fourth-order valence-electron chi connectivity index (χ4n) is 3.17. The quantitative estimate of drug-likeness (QED) is 0.197. The van der Waals surface area contributed by atoms with Crippen LogP contribution in [0.4, 0.5) is 0 Å². The maximum absolute atomic E-state index is 12.7. The van der Waals surface area contributed by atoms with E-state index in [1.165, 1.54) is 6.08 Å². The normalized spacial score (nSPS) is 19.2. The number of carbonyl (C=O) groups is 2. The zero-order valence-electron chi connectivity index (χ0n) is 19.3. The molecule has 0 saturated carbocycles. The van der Waals surface area contributed by atoms with E-state index >= 15 is 0 Å². The minimum atomic E-state index is -0.251. The van der Waals surface area contributed by atoms with E-state index in [9.17, 15) is 9.59 Å². The van der Waals surface area contributed by atoms with Crippen molar-refractivity contribution in [3.05, 3.63) is 47.5 Å². The third-order valence-electron chi connectivity index (χ3n) is 5.26. The predicted octanol–water partition coefficient (Wildman–Crippen LogP) is 1.78.